The Morgan fingerprint density at radius 3 is 2.50 bits per heavy atom. The molecular formula is C16H12F3N3O3S. The maximum Gasteiger partial charge on any atom is 0.422 e. The van der Waals surface area contributed by atoms with E-state index in [-0.39, 0.29) is 16.5 Å². The molecule has 2 aromatic heterocycles. The van der Waals surface area contributed by atoms with Crippen LogP contribution in [-0.4, -0.2) is 31.2 Å². The van der Waals surface area contributed by atoms with E-state index >= 15 is 0 Å². The van der Waals surface area contributed by atoms with Crippen LogP contribution in [0.5, 0.6) is 5.88 Å². The summed E-state index contributed by atoms with van der Waals surface area (Å²) in [5.41, 5.74) is 0.747. The van der Waals surface area contributed by atoms with Crippen LogP contribution in [0.4, 0.5) is 18.9 Å². The van der Waals surface area contributed by atoms with Crippen molar-refractivity contribution in [2.24, 2.45) is 0 Å². The van der Waals surface area contributed by atoms with E-state index in [1.54, 1.807) is 30.3 Å². The van der Waals surface area contributed by atoms with Crippen LogP contribution in [0.15, 0.2) is 59.8 Å². The molecule has 10 heteroatoms. The Bertz CT molecular complexity index is 1020. The molecule has 0 fully saturated rings. The van der Waals surface area contributed by atoms with Crippen LogP contribution in [0.1, 0.15) is 0 Å². The largest absolute Gasteiger partial charge is 0.468 e. The molecule has 0 aliphatic carbocycles. The van der Waals surface area contributed by atoms with E-state index in [1.165, 1.54) is 6.20 Å². The van der Waals surface area contributed by atoms with Crippen LogP contribution in [-0.2, 0) is 10.0 Å². The first-order chi connectivity index (χ1) is 12.2. The zero-order chi connectivity index (χ0) is 18.8. The van der Waals surface area contributed by atoms with Gasteiger partial charge < -0.3 is 4.74 Å². The highest BCUT2D eigenvalue weighted by Gasteiger charge is 2.28. The molecule has 0 bridgehead atoms. The Hall–Kier alpha value is -2.88. The highest BCUT2D eigenvalue weighted by Crippen LogP contribution is 2.24. The molecule has 0 spiro atoms. The number of nitrogens with one attached hydrogen (secondary N) is 1. The molecule has 0 amide bonds. The highest BCUT2D eigenvalue weighted by molar-refractivity contribution is 7.92. The van der Waals surface area contributed by atoms with Gasteiger partial charge in [-0.1, -0.05) is 18.2 Å². The maximum absolute atomic E-state index is 12.5. The molecule has 26 heavy (non-hydrogen) atoms. The fraction of sp³-hybridized carbons (Fsp3) is 0.125. The fourth-order valence-electron chi connectivity index (χ4n) is 2.16. The Morgan fingerprint density at radius 2 is 1.81 bits per heavy atom. The summed E-state index contributed by atoms with van der Waals surface area (Å²) in [6.45, 7) is -1.51. The standard InChI is InChI=1S/C16H12F3N3O3S/c17-16(18,19)10-25-14-7-6-12(9-21-14)26(23,24)22-13-5-1-3-11-4-2-8-20-15(11)13/h1-9,22H,10H2. The quantitative estimate of drug-likeness (QED) is 0.731. The number of aromatic nitrogens is 2. The lowest BCUT2D eigenvalue weighted by Gasteiger charge is -2.11. The predicted molar refractivity (Wildman–Crippen MR) is 88.3 cm³/mol. The van der Waals surface area contributed by atoms with Gasteiger partial charge >= 0.3 is 6.18 Å². The SMILES string of the molecule is O=S(=O)(Nc1cccc2cccnc12)c1ccc(OCC(F)(F)F)nc1. The first kappa shape index (κ1) is 17.9. The summed E-state index contributed by atoms with van der Waals surface area (Å²) in [4.78, 5) is 7.53. The van der Waals surface area contributed by atoms with Gasteiger partial charge in [-0.2, -0.15) is 13.2 Å². The van der Waals surface area contributed by atoms with E-state index in [4.69, 9.17) is 0 Å². The van der Waals surface area contributed by atoms with Crippen molar-refractivity contribution in [3.8, 4) is 5.88 Å². The molecule has 0 aliphatic heterocycles. The van der Waals surface area contributed by atoms with Crippen LogP contribution in [0, 0.1) is 0 Å². The van der Waals surface area contributed by atoms with Gasteiger partial charge in [-0.05, 0) is 18.2 Å². The minimum atomic E-state index is -4.50. The molecule has 0 saturated carbocycles. The van der Waals surface area contributed by atoms with Crippen molar-refractivity contribution in [1.29, 1.82) is 0 Å². The summed E-state index contributed by atoms with van der Waals surface area (Å²) >= 11 is 0. The summed E-state index contributed by atoms with van der Waals surface area (Å²) in [7, 11) is -4.00. The first-order valence-electron chi connectivity index (χ1n) is 7.27. The molecule has 0 saturated heterocycles. The van der Waals surface area contributed by atoms with Crippen molar-refractivity contribution in [2.75, 3.05) is 11.3 Å². The number of pyridine rings is 2. The molecule has 1 aromatic carbocycles. The Balaban J connectivity index is 1.82. The van der Waals surface area contributed by atoms with Gasteiger partial charge in [0, 0.05) is 17.6 Å². The molecule has 6 nitrogen and oxygen atoms in total. The van der Waals surface area contributed by atoms with Gasteiger partial charge in [0.1, 0.15) is 4.90 Å². The van der Waals surface area contributed by atoms with E-state index in [0.717, 1.165) is 23.7 Å². The van der Waals surface area contributed by atoms with Crippen molar-refractivity contribution < 1.29 is 26.3 Å². The average Bonchev–Trinajstić information content (AvgIpc) is 2.60. The van der Waals surface area contributed by atoms with Gasteiger partial charge in [0.15, 0.2) is 6.61 Å². The summed E-state index contributed by atoms with van der Waals surface area (Å²) in [6.07, 6.45) is -2.05. The molecule has 0 atom stereocenters. The Kier molecular flexibility index (Phi) is 4.68. The van der Waals surface area contributed by atoms with Gasteiger partial charge in [0.2, 0.25) is 5.88 Å². The van der Waals surface area contributed by atoms with Crippen molar-refractivity contribution >= 4 is 26.6 Å². The minimum absolute atomic E-state index is 0.218. The topological polar surface area (TPSA) is 81.2 Å². The number of alkyl halides is 3. The maximum atomic E-state index is 12.5. The van der Waals surface area contributed by atoms with Crippen molar-refractivity contribution in [3.63, 3.8) is 0 Å². The number of halogens is 3. The van der Waals surface area contributed by atoms with Crippen LogP contribution >= 0.6 is 0 Å². The van der Waals surface area contributed by atoms with E-state index in [1.807, 2.05) is 0 Å². The second kappa shape index (κ2) is 6.79. The van der Waals surface area contributed by atoms with Crippen LogP contribution in [0.2, 0.25) is 0 Å². The number of ether oxygens (including phenoxy) is 1. The number of hydrogen-bond donors (Lipinski definition) is 1. The monoisotopic (exact) mass is 383 g/mol. The summed E-state index contributed by atoms with van der Waals surface area (Å²) in [5.74, 6) is -0.326. The third-order valence-corrected chi connectivity index (χ3v) is 4.63. The van der Waals surface area contributed by atoms with E-state index in [0.29, 0.717) is 5.52 Å². The second-order valence-corrected chi connectivity index (χ2v) is 6.90. The molecule has 0 radical (unpaired) electrons. The normalized spacial score (nSPS) is 12.1. The lowest BCUT2D eigenvalue weighted by Crippen LogP contribution is -2.19. The van der Waals surface area contributed by atoms with Crippen molar-refractivity contribution in [3.05, 3.63) is 54.9 Å². The van der Waals surface area contributed by atoms with Gasteiger partial charge in [-0.15, -0.1) is 0 Å². The van der Waals surface area contributed by atoms with E-state index in [2.05, 4.69) is 19.4 Å². The first-order valence-corrected chi connectivity index (χ1v) is 8.75. The summed E-state index contributed by atoms with van der Waals surface area (Å²) in [6, 6.07) is 10.7. The zero-order valence-electron chi connectivity index (χ0n) is 13.1. The highest BCUT2D eigenvalue weighted by atomic mass is 32.2. The van der Waals surface area contributed by atoms with Gasteiger partial charge in [-0.25, -0.2) is 13.4 Å². The molecular weight excluding hydrogens is 371 g/mol. The number of nitrogens with zero attached hydrogens (tertiary/aromatic N) is 2. The lowest BCUT2D eigenvalue weighted by atomic mass is 10.2. The molecule has 0 unspecified atom stereocenters. The molecule has 3 rings (SSSR count). The summed E-state index contributed by atoms with van der Waals surface area (Å²) < 4.78 is 68.1. The number of rotatable bonds is 5. The number of sulfonamides is 1. The third kappa shape index (κ3) is 4.20. The van der Waals surface area contributed by atoms with E-state index < -0.39 is 22.8 Å². The minimum Gasteiger partial charge on any atom is -0.468 e. The molecule has 136 valence electrons. The van der Waals surface area contributed by atoms with Crippen molar-refractivity contribution in [2.45, 2.75) is 11.1 Å². The van der Waals surface area contributed by atoms with Crippen LogP contribution in [0.3, 0.4) is 0 Å². The van der Waals surface area contributed by atoms with Crippen LogP contribution < -0.4 is 9.46 Å². The molecule has 3 aromatic rings. The Labute approximate surface area is 146 Å². The number of hydrogen-bond acceptors (Lipinski definition) is 5. The Morgan fingerprint density at radius 1 is 1.04 bits per heavy atom. The van der Waals surface area contributed by atoms with Gasteiger partial charge in [0.05, 0.1) is 17.4 Å². The molecule has 2 heterocycles. The fourth-order valence-corrected chi connectivity index (χ4v) is 3.17. The number of benzene rings is 1. The average molecular weight is 383 g/mol. The number of anilines is 1. The second-order valence-electron chi connectivity index (χ2n) is 5.22. The number of fused-ring (bicyclic) bond motifs is 1. The van der Waals surface area contributed by atoms with Crippen molar-refractivity contribution in [1.82, 2.24) is 9.97 Å². The third-order valence-electron chi connectivity index (χ3n) is 3.28. The predicted octanol–water partition coefficient (Wildman–Crippen LogP) is 3.37. The van der Waals surface area contributed by atoms with Crippen LogP contribution in [0.25, 0.3) is 10.9 Å². The smallest absolute Gasteiger partial charge is 0.422 e. The number of para-hydroxylation sites is 1. The molecule has 1 N–H and O–H groups in total. The van der Waals surface area contributed by atoms with Gasteiger partial charge in [0.25, 0.3) is 10.0 Å². The van der Waals surface area contributed by atoms with E-state index in [9.17, 15) is 21.6 Å². The lowest BCUT2D eigenvalue weighted by molar-refractivity contribution is -0.154. The van der Waals surface area contributed by atoms with Gasteiger partial charge in [-0.3, -0.25) is 9.71 Å². The molecule has 0 aliphatic rings. The summed E-state index contributed by atoms with van der Waals surface area (Å²) in [5, 5.41) is 0.752. The zero-order valence-corrected chi connectivity index (χ0v) is 13.9.